The van der Waals surface area contributed by atoms with Crippen LogP contribution in [-0.4, -0.2) is 0 Å². The van der Waals surface area contributed by atoms with Gasteiger partial charge in [0.05, 0.1) is 0 Å². The summed E-state index contributed by atoms with van der Waals surface area (Å²) in [6.07, 6.45) is 0. The Bertz CT molecular complexity index is 797. The van der Waals surface area contributed by atoms with Gasteiger partial charge in [-0.05, 0) is 0 Å². The van der Waals surface area contributed by atoms with Gasteiger partial charge in [0.25, 0.3) is 0 Å². The molecular formula is C19H13BrI2. The van der Waals surface area contributed by atoms with Crippen LogP contribution in [0.25, 0.3) is 0 Å². The van der Waals surface area contributed by atoms with E-state index in [-0.39, 0.29) is 0 Å². The second-order valence-corrected chi connectivity index (χ2v) is 15.2. The zero-order chi connectivity index (χ0) is 15.1. The van der Waals surface area contributed by atoms with Crippen LogP contribution in [0.1, 0.15) is 22.6 Å². The van der Waals surface area contributed by atoms with E-state index in [1.807, 2.05) is 0 Å². The molecule has 110 valence electrons. The first kappa shape index (κ1) is 15.1. The normalized spacial score (nSPS) is 15.3. The molecule has 22 heavy (non-hydrogen) atoms. The standard InChI is InChI=1S/C19H13BrI2/c20-16-10-4-1-7-13(16)19-14-8-2-5-11-17(14)22(21)18-12-6-3-9-15(18)19/h1-12,19H. The van der Waals surface area contributed by atoms with Crippen molar-refractivity contribution >= 4 is 50.4 Å². The van der Waals surface area contributed by atoms with Crippen LogP contribution < -0.4 is 0 Å². The molecule has 0 aromatic heterocycles. The molecule has 0 bridgehead atoms. The van der Waals surface area contributed by atoms with Crippen molar-refractivity contribution in [3.05, 3.63) is 101 Å². The van der Waals surface area contributed by atoms with Gasteiger partial charge < -0.3 is 0 Å². The molecule has 1 heterocycles. The first-order chi connectivity index (χ1) is 10.8. The summed E-state index contributed by atoms with van der Waals surface area (Å²) in [6.45, 7) is 0. The summed E-state index contributed by atoms with van der Waals surface area (Å²) in [5.74, 6) is 0.339. The van der Waals surface area contributed by atoms with Gasteiger partial charge in [0.1, 0.15) is 0 Å². The van der Waals surface area contributed by atoms with E-state index in [1.165, 1.54) is 21.2 Å². The van der Waals surface area contributed by atoms with Crippen LogP contribution in [0.5, 0.6) is 0 Å². The number of benzene rings is 3. The van der Waals surface area contributed by atoms with Gasteiger partial charge in [-0.1, -0.05) is 0 Å². The number of rotatable bonds is 1. The molecule has 0 saturated carbocycles. The van der Waals surface area contributed by atoms with Crippen LogP contribution >= 0.6 is 50.4 Å². The fourth-order valence-corrected chi connectivity index (χ4v) is 12.3. The number of fused-ring (bicyclic) bond motifs is 2. The minimum absolute atomic E-state index is 0.339. The fraction of sp³-hybridized carbons (Fsp3) is 0.0526. The zero-order valence-corrected chi connectivity index (χ0v) is 17.5. The molecule has 3 aromatic carbocycles. The first-order valence-electron chi connectivity index (χ1n) is 7.06. The molecule has 3 heteroatoms. The Labute approximate surface area is 156 Å². The molecule has 3 aromatic rings. The first-order valence-corrected chi connectivity index (χ1v) is 16.3. The van der Waals surface area contributed by atoms with Crippen molar-refractivity contribution in [2.75, 3.05) is 0 Å². The van der Waals surface area contributed by atoms with E-state index in [2.05, 4.69) is 107 Å². The van der Waals surface area contributed by atoms with Crippen molar-refractivity contribution in [3.63, 3.8) is 0 Å². The van der Waals surface area contributed by atoms with Crippen LogP contribution in [0.4, 0.5) is 0 Å². The quantitative estimate of drug-likeness (QED) is 0.279. The molecular weight excluding hydrogens is 562 g/mol. The third-order valence-electron chi connectivity index (χ3n) is 4.01. The third-order valence-corrected chi connectivity index (χ3v) is 14.6. The van der Waals surface area contributed by atoms with Crippen molar-refractivity contribution in [2.24, 2.45) is 0 Å². The van der Waals surface area contributed by atoms with Crippen molar-refractivity contribution in [3.8, 4) is 0 Å². The zero-order valence-electron chi connectivity index (χ0n) is 11.6. The summed E-state index contributed by atoms with van der Waals surface area (Å²) >= 11 is 5.18. The maximum absolute atomic E-state index is 3.76. The summed E-state index contributed by atoms with van der Waals surface area (Å²) in [6, 6.07) is 26.7. The predicted molar refractivity (Wildman–Crippen MR) is 113 cm³/mol. The van der Waals surface area contributed by atoms with E-state index in [4.69, 9.17) is 0 Å². The maximum atomic E-state index is 3.76. The minimum atomic E-state index is -1.31. The van der Waals surface area contributed by atoms with Crippen molar-refractivity contribution < 1.29 is 0 Å². The average molecular weight is 575 g/mol. The topological polar surface area (TPSA) is 0 Å². The van der Waals surface area contributed by atoms with Gasteiger partial charge in [0.2, 0.25) is 0 Å². The molecule has 0 unspecified atom stereocenters. The van der Waals surface area contributed by atoms with Crippen molar-refractivity contribution in [1.29, 1.82) is 0 Å². The molecule has 0 aliphatic carbocycles. The van der Waals surface area contributed by atoms with E-state index in [1.54, 1.807) is 7.14 Å². The molecule has 0 spiro atoms. The second kappa shape index (κ2) is 6.24. The van der Waals surface area contributed by atoms with Gasteiger partial charge in [-0.25, -0.2) is 0 Å². The Morgan fingerprint density at radius 1 is 0.682 bits per heavy atom. The molecule has 4 rings (SSSR count). The van der Waals surface area contributed by atoms with Crippen LogP contribution in [-0.2, 0) is 0 Å². The Morgan fingerprint density at radius 2 is 1.14 bits per heavy atom. The van der Waals surface area contributed by atoms with E-state index >= 15 is 0 Å². The average Bonchev–Trinajstić information content (AvgIpc) is 2.57. The van der Waals surface area contributed by atoms with Crippen LogP contribution in [0.3, 0.4) is 0 Å². The van der Waals surface area contributed by atoms with E-state index < -0.39 is 15.8 Å². The Hall–Kier alpha value is -0.400. The summed E-state index contributed by atoms with van der Waals surface area (Å²) in [5, 5.41) is 0. The third kappa shape index (κ3) is 2.45. The molecule has 0 saturated heterocycles. The van der Waals surface area contributed by atoms with Gasteiger partial charge in [-0.15, -0.1) is 0 Å². The van der Waals surface area contributed by atoms with Crippen LogP contribution in [0.15, 0.2) is 77.3 Å². The Morgan fingerprint density at radius 3 is 1.68 bits per heavy atom. The molecule has 1 aliphatic heterocycles. The molecule has 0 atom stereocenters. The monoisotopic (exact) mass is 574 g/mol. The molecule has 0 N–H and O–H groups in total. The SMILES string of the molecule is Brc1ccccc1C1c2ccccc2I(I)c2ccccc21. The molecule has 0 amide bonds. The van der Waals surface area contributed by atoms with E-state index in [0.29, 0.717) is 5.92 Å². The molecule has 0 radical (unpaired) electrons. The van der Waals surface area contributed by atoms with Crippen molar-refractivity contribution in [1.82, 2.24) is 0 Å². The number of hydrogen-bond donors (Lipinski definition) is 0. The van der Waals surface area contributed by atoms with Crippen LogP contribution in [0, 0.1) is 7.14 Å². The summed E-state index contributed by atoms with van der Waals surface area (Å²) < 4.78 is 4.37. The van der Waals surface area contributed by atoms with Gasteiger partial charge in [0, 0.05) is 0 Å². The van der Waals surface area contributed by atoms with Gasteiger partial charge in [-0.3, -0.25) is 0 Å². The second-order valence-electron chi connectivity index (χ2n) is 5.23. The molecule has 0 nitrogen and oxygen atoms in total. The Balaban J connectivity index is 2.03. The summed E-state index contributed by atoms with van der Waals surface area (Å²) in [7, 11) is 0. The van der Waals surface area contributed by atoms with Gasteiger partial charge in [-0.2, -0.15) is 0 Å². The van der Waals surface area contributed by atoms with Crippen LogP contribution in [0.2, 0.25) is 0 Å². The summed E-state index contributed by atoms with van der Waals surface area (Å²) in [5.41, 5.74) is 4.35. The number of hydrogen-bond acceptors (Lipinski definition) is 0. The van der Waals surface area contributed by atoms with E-state index in [0.717, 1.165) is 0 Å². The summed E-state index contributed by atoms with van der Waals surface area (Å²) in [4.78, 5) is 0. The van der Waals surface area contributed by atoms with Crippen molar-refractivity contribution in [2.45, 2.75) is 5.92 Å². The van der Waals surface area contributed by atoms with Gasteiger partial charge in [0.15, 0.2) is 0 Å². The predicted octanol–water partition coefficient (Wildman–Crippen LogP) is 6.84. The molecule has 0 fully saturated rings. The Kier molecular flexibility index (Phi) is 4.30. The fourth-order valence-electron chi connectivity index (χ4n) is 3.04. The van der Waals surface area contributed by atoms with Gasteiger partial charge >= 0.3 is 157 Å². The number of halogens is 3. The van der Waals surface area contributed by atoms with E-state index in [9.17, 15) is 0 Å². The molecule has 1 aliphatic rings.